The molecule has 1 unspecified atom stereocenters. The summed E-state index contributed by atoms with van der Waals surface area (Å²) in [6, 6.07) is 9.61. The summed E-state index contributed by atoms with van der Waals surface area (Å²) in [7, 11) is 0. The van der Waals surface area contributed by atoms with E-state index < -0.39 is 4.51 Å². The highest BCUT2D eigenvalue weighted by atomic mass is 79.9. The lowest BCUT2D eigenvalue weighted by Gasteiger charge is -2.22. The largest absolute Gasteiger partial charge is 0.512 e. The van der Waals surface area contributed by atoms with Gasteiger partial charge in [0.15, 0.2) is 0 Å². The molecule has 1 aliphatic rings. The van der Waals surface area contributed by atoms with Gasteiger partial charge in [0.2, 0.25) is 0 Å². The van der Waals surface area contributed by atoms with Gasteiger partial charge in [0.1, 0.15) is 10.3 Å². The number of hydrogen-bond acceptors (Lipinski definition) is 2. The first-order chi connectivity index (χ1) is 7.08. The Morgan fingerprint density at radius 1 is 1.20 bits per heavy atom. The fourth-order valence-corrected chi connectivity index (χ4v) is 1.97. The lowest BCUT2D eigenvalue weighted by molar-refractivity contribution is 0.175. The quantitative estimate of drug-likeness (QED) is 0.768. The standard InChI is InChI=1S/C12H11BrO2/c13-12(15)7-6-10(11(14)8-12)9-4-2-1-3-5-9/h1-7,14-15H,8H2. The van der Waals surface area contributed by atoms with Crippen molar-refractivity contribution in [2.75, 3.05) is 0 Å². The zero-order valence-corrected chi connectivity index (χ0v) is 9.61. The molecular formula is C12H11BrO2. The summed E-state index contributed by atoms with van der Waals surface area (Å²) in [6.45, 7) is 0. The second kappa shape index (κ2) is 3.83. The van der Waals surface area contributed by atoms with Crippen LogP contribution in [0.25, 0.3) is 5.57 Å². The third-order valence-corrected chi connectivity index (χ3v) is 2.86. The summed E-state index contributed by atoms with van der Waals surface area (Å²) in [4.78, 5) is 0. The molecule has 0 saturated heterocycles. The molecule has 0 aliphatic heterocycles. The van der Waals surface area contributed by atoms with Gasteiger partial charge in [-0.3, -0.25) is 0 Å². The molecule has 2 rings (SSSR count). The van der Waals surface area contributed by atoms with E-state index >= 15 is 0 Å². The summed E-state index contributed by atoms with van der Waals surface area (Å²) in [5.74, 6) is 0.197. The minimum Gasteiger partial charge on any atom is -0.512 e. The van der Waals surface area contributed by atoms with Crippen LogP contribution in [0.1, 0.15) is 12.0 Å². The van der Waals surface area contributed by atoms with Crippen LogP contribution in [0, 0.1) is 0 Å². The minimum atomic E-state index is -1.12. The monoisotopic (exact) mass is 266 g/mol. The molecule has 1 atom stereocenters. The molecule has 0 bridgehead atoms. The summed E-state index contributed by atoms with van der Waals surface area (Å²) in [5, 5.41) is 19.4. The fraction of sp³-hybridized carbons (Fsp3) is 0.167. The summed E-state index contributed by atoms with van der Waals surface area (Å²) in [5.41, 5.74) is 1.72. The average Bonchev–Trinajstić information content (AvgIpc) is 2.17. The van der Waals surface area contributed by atoms with Gasteiger partial charge in [-0.2, -0.15) is 0 Å². The van der Waals surface area contributed by atoms with Crippen molar-refractivity contribution in [3.63, 3.8) is 0 Å². The Labute approximate surface area is 96.7 Å². The molecule has 3 heteroatoms. The molecule has 1 aliphatic carbocycles. The molecule has 0 heterocycles. The number of hydrogen-bond donors (Lipinski definition) is 2. The fourth-order valence-electron chi connectivity index (χ4n) is 1.58. The molecule has 0 aromatic heterocycles. The van der Waals surface area contributed by atoms with Gasteiger partial charge < -0.3 is 10.2 Å². The zero-order chi connectivity index (χ0) is 10.9. The molecule has 2 nitrogen and oxygen atoms in total. The van der Waals surface area contributed by atoms with Crippen LogP contribution in [-0.2, 0) is 0 Å². The van der Waals surface area contributed by atoms with Crippen LogP contribution in [0.5, 0.6) is 0 Å². The van der Waals surface area contributed by atoms with Crippen LogP contribution in [0.15, 0.2) is 48.2 Å². The van der Waals surface area contributed by atoms with Crippen LogP contribution in [-0.4, -0.2) is 14.7 Å². The Hall–Kier alpha value is -1.06. The van der Waals surface area contributed by atoms with E-state index in [0.29, 0.717) is 0 Å². The van der Waals surface area contributed by atoms with E-state index in [2.05, 4.69) is 15.9 Å². The van der Waals surface area contributed by atoms with Crippen molar-refractivity contribution in [1.82, 2.24) is 0 Å². The van der Waals surface area contributed by atoms with Crippen molar-refractivity contribution in [3.8, 4) is 0 Å². The van der Waals surface area contributed by atoms with Crippen LogP contribution in [0.2, 0.25) is 0 Å². The van der Waals surface area contributed by atoms with Crippen molar-refractivity contribution in [2.24, 2.45) is 0 Å². The van der Waals surface area contributed by atoms with Gasteiger partial charge in [-0.15, -0.1) is 0 Å². The highest BCUT2D eigenvalue weighted by molar-refractivity contribution is 9.10. The van der Waals surface area contributed by atoms with Crippen LogP contribution >= 0.6 is 15.9 Å². The van der Waals surface area contributed by atoms with Gasteiger partial charge in [-0.05, 0) is 27.6 Å². The number of halogens is 1. The van der Waals surface area contributed by atoms with Gasteiger partial charge in [-0.1, -0.05) is 36.4 Å². The van der Waals surface area contributed by atoms with Crippen molar-refractivity contribution in [1.29, 1.82) is 0 Å². The second-order valence-corrected chi connectivity index (χ2v) is 4.93. The molecule has 0 amide bonds. The SMILES string of the molecule is OC1=C(c2ccccc2)C=CC(O)(Br)C1. The Balaban J connectivity index is 2.37. The predicted octanol–water partition coefficient (Wildman–Crippen LogP) is 3.00. The number of aliphatic hydroxyl groups excluding tert-OH is 1. The van der Waals surface area contributed by atoms with E-state index in [9.17, 15) is 10.2 Å². The number of benzene rings is 1. The minimum absolute atomic E-state index is 0.188. The van der Waals surface area contributed by atoms with Crippen molar-refractivity contribution in [2.45, 2.75) is 10.9 Å². The third-order valence-electron chi connectivity index (χ3n) is 2.32. The predicted molar refractivity (Wildman–Crippen MR) is 63.6 cm³/mol. The maximum atomic E-state index is 9.80. The first kappa shape index (κ1) is 10.5. The van der Waals surface area contributed by atoms with Crippen molar-refractivity contribution in [3.05, 3.63) is 53.8 Å². The van der Waals surface area contributed by atoms with Crippen molar-refractivity contribution < 1.29 is 10.2 Å². The molecule has 78 valence electrons. The van der Waals surface area contributed by atoms with Crippen LogP contribution in [0.3, 0.4) is 0 Å². The molecule has 0 spiro atoms. The van der Waals surface area contributed by atoms with Crippen LogP contribution < -0.4 is 0 Å². The van der Waals surface area contributed by atoms with Gasteiger partial charge >= 0.3 is 0 Å². The Kier molecular flexibility index (Phi) is 2.67. The number of allylic oxidation sites excluding steroid dienone is 2. The van der Waals surface area contributed by atoms with Gasteiger partial charge in [-0.25, -0.2) is 0 Å². The van der Waals surface area contributed by atoms with E-state index in [1.54, 1.807) is 12.2 Å². The molecule has 2 N–H and O–H groups in total. The maximum Gasteiger partial charge on any atom is 0.145 e. The van der Waals surface area contributed by atoms with E-state index in [1.165, 1.54) is 0 Å². The highest BCUT2D eigenvalue weighted by Crippen LogP contribution is 2.34. The third kappa shape index (κ3) is 2.30. The van der Waals surface area contributed by atoms with E-state index in [0.717, 1.165) is 11.1 Å². The normalized spacial score (nSPS) is 25.7. The molecule has 0 fully saturated rings. The lowest BCUT2D eigenvalue weighted by Crippen LogP contribution is -2.20. The number of aliphatic hydroxyl groups is 2. The topological polar surface area (TPSA) is 40.5 Å². The Morgan fingerprint density at radius 2 is 1.87 bits per heavy atom. The molecule has 0 radical (unpaired) electrons. The second-order valence-electron chi connectivity index (χ2n) is 3.56. The molecule has 1 aromatic carbocycles. The highest BCUT2D eigenvalue weighted by Gasteiger charge is 2.26. The number of rotatable bonds is 1. The van der Waals surface area contributed by atoms with Crippen LogP contribution in [0.4, 0.5) is 0 Å². The Bertz CT molecular complexity index is 419. The van der Waals surface area contributed by atoms with E-state index in [-0.39, 0.29) is 12.2 Å². The summed E-state index contributed by atoms with van der Waals surface area (Å²) >= 11 is 3.11. The Morgan fingerprint density at radius 3 is 2.47 bits per heavy atom. The van der Waals surface area contributed by atoms with Gasteiger partial charge in [0.05, 0.1) is 0 Å². The maximum absolute atomic E-state index is 9.80. The average molecular weight is 267 g/mol. The van der Waals surface area contributed by atoms with E-state index in [4.69, 9.17) is 0 Å². The first-order valence-corrected chi connectivity index (χ1v) is 5.46. The number of alkyl halides is 1. The van der Waals surface area contributed by atoms with E-state index in [1.807, 2.05) is 30.3 Å². The lowest BCUT2D eigenvalue weighted by atomic mass is 9.97. The zero-order valence-electron chi connectivity index (χ0n) is 8.02. The molecule has 0 saturated carbocycles. The summed E-state index contributed by atoms with van der Waals surface area (Å²) < 4.78 is -1.12. The van der Waals surface area contributed by atoms with Crippen molar-refractivity contribution >= 4 is 21.5 Å². The first-order valence-electron chi connectivity index (χ1n) is 4.66. The summed E-state index contributed by atoms with van der Waals surface area (Å²) in [6.07, 6.45) is 3.55. The smallest absolute Gasteiger partial charge is 0.145 e. The van der Waals surface area contributed by atoms with Gasteiger partial charge in [0.25, 0.3) is 0 Å². The van der Waals surface area contributed by atoms with Gasteiger partial charge in [0, 0.05) is 12.0 Å². The molecular weight excluding hydrogens is 256 g/mol. The molecule has 15 heavy (non-hydrogen) atoms. The molecule has 1 aromatic rings.